The zero-order valence-corrected chi connectivity index (χ0v) is 5.97. The Kier molecular flexibility index (Phi) is 2.17. The third kappa shape index (κ3) is 1.99. The van der Waals surface area contributed by atoms with Crippen LogP contribution in [0.25, 0.3) is 6.08 Å². The van der Waals surface area contributed by atoms with Crippen LogP contribution in [0.3, 0.4) is 0 Å². The molecule has 0 aromatic carbocycles. The van der Waals surface area contributed by atoms with Gasteiger partial charge in [0.1, 0.15) is 5.01 Å². The number of nitrogens with zero attached hydrogens (tertiary/aromatic N) is 1. The SMILES string of the molecule is NC(=O)C=Cc1nccs1. The number of thiazole rings is 1. The van der Waals surface area contributed by atoms with Crippen LogP contribution in [-0.4, -0.2) is 10.9 Å². The minimum absolute atomic E-state index is 0.449. The van der Waals surface area contributed by atoms with Crippen molar-refractivity contribution in [3.63, 3.8) is 0 Å². The van der Waals surface area contributed by atoms with E-state index in [4.69, 9.17) is 5.73 Å². The smallest absolute Gasteiger partial charge is 0.241 e. The molecule has 1 aromatic heterocycles. The van der Waals surface area contributed by atoms with E-state index in [9.17, 15) is 4.79 Å². The molecule has 1 rings (SSSR count). The zero-order valence-electron chi connectivity index (χ0n) is 5.15. The first-order chi connectivity index (χ1) is 4.79. The lowest BCUT2D eigenvalue weighted by Gasteiger charge is -1.78. The molecule has 0 spiro atoms. The van der Waals surface area contributed by atoms with Crippen LogP contribution in [0.15, 0.2) is 17.7 Å². The second-order valence-electron chi connectivity index (χ2n) is 1.61. The van der Waals surface area contributed by atoms with E-state index < -0.39 is 5.91 Å². The van der Waals surface area contributed by atoms with Crippen molar-refractivity contribution in [1.82, 2.24) is 4.98 Å². The van der Waals surface area contributed by atoms with Crippen LogP contribution in [0, 0.1) is 0 Å². The maximum Gasteiger partial charge on any atom is 0.241 e. The Labute approximate surface area is 62.2 Å². The number of rotatable bonds is 2. The summed E-state index contributed by atoms with van der Waals surface area (Å²) in [5.74, 6) is -0.449. The quantitative estimate of drug-likeness (QED) is 0.635. The fourth-order valence-corrected chi connectivity index (χ4v) is 1.000. The van der Waals surface area contributed by atoms with Crippen molar-refractivity contribution < 1.29 is 4.79 Å². The van der Waals surface area contributed by atoms with Gasteiger partial charge in [-0.1, -0.05) is 0 Å². The van der Waals surface area contributed by atoms with Crippen LogP contribution in [0.4, 0.5) is 0 Å². The number of aromatic nitrogens is 1. The third-order valence-corrected chi connectivity index (χ3v) is 1.58. The molecule has 0 radical (unpaired) electrons. The van der Waals surface area contributed by atoms with Gasteiger partial charge in [0, 0.05) is 17.7 Å². The summed E-state index contributed by atoms with van der Waals surface area (Å²) in [5, 5.41) is 2.62. The molecule has 4 heteroatoms. The Bertz CT molecular complexity index is 240. The lowest BCUT2D eigenvalue weighted by molar-refractivity contribution is -0.113. The molecule has 1 aromatic rings. The maximum absolute atomic E-state index is 10.2. The van der Waals surface area contributed by atoms with Crippen molar-refractivity contribution in [2.24, 2.45) is 5.73 Å². The van der Waals surface area contributed by atoms with Gasteiger partial charge in [-0.25, -0.2) is 4.98 Å². The first kappa shape index (κ1) is 6.95. The minimum atomic E-state index is -0.449. The predicted molar refractivity (Wildman–Crippen MR) is 40.3 cm³/mol. The van der Waals surface area contributed by atoms with Crippen molar-refractivity contribution >= 4 is 23.3 Å². The number of primary amides is 1. The molecule has 0 atom stereocenters. The summed E-state index contributed by atoms with van der Waals surface area (Å²) in [5.41, 5.74) is 4.86. The molecule has 0 fully saturated rings. The second kappa shape index (κ2) is 3.12. The van der Waals surface area contributed by atoms with E-state index in [-0.39, 0.29) is 0 Å². The Hall–Kier alpha value is -1.16. The van der Waals surface area contributed by atoms with Crippen LogP contribution in [0.2, 0.25) is 0 Å². The van der Waals surface area contributed by atoms with E-state index in [0.717, 1.165) is 5.01 Å². The number of amides is 1. The fraction of sp³-hybridized carbons (Fsp3) is 0. The Morgan fingerprint density at radius 1 is 1.80 bits per heavy atom. The monoisotopic (exact) mass is 154 g/mol. The van der Waals surface area contributed by atoms with Crippen LogP contribution in [0.5, 0.6) is 0 Å². The molecule has 0 aliphatic heterocycles. The molecule has 3 nitrogen and oxygen atoms in total. The summed E-state index contributed by atoms with van der Waals surface area (Å²) in [6.45, 7) is 0. The minimum Gasteiger partial charge on any atom is -0.366 e. The molecule has 0 saturated carbocycles. The Morgan fingerprint density at radius 2 is 2.60 bits per heavy atom. The molecule has 0 saturated heterocycles. The summed E-state index contributed by atoms with van der Waals surface area (Å²) < 4.78 is 0. The van der Waals surface area contributed by atoms with E-state index in [2.05, 4.69) is 4.98 Å². The molecule has 0 unspecified atom stereocenters. The third-order valence-electron chi connectivity index (χ3n) is 0.842. The highest BCUT2D eigenvalue weighted by Gasteiger charge is 1.87. The fourth-order valence-electron chi connectivity index (χ4n) is 0.470. The summed E-state index contributed by atoms with van der Waals surface area (Å²) in [7, 11) is 0. The molecule has 0 aliphatic carbocycles. The lowest BCUT2D eigenvalue weighted by atomic mass is 10.5. The molecule has 0 bridgehead atoms. The average Bonchev–Trinajstić information content (AvgIpc) is 2.34. The Morgan fingerprint density at radius 3 is 3.10 bits per heavy atom. The van der Waals surface area contributed by atoms with Gasteiger partial charge in [-0.05, 0) is 6.08 Å². The van der Waals surface area contributed by atoms with Gasteiger partial charge in [0.2, 0.25) is 5.91 Å². The molecule has 10 heavy (non-hydrogen) atoms. The maximum atomic E-state index is 10.2. The molecule has 1 heterocycles. The normalized spacial score (nSPS) is 10.4. The highest BCUT2D eigenvalue weighted by Crippen LogP contribution is 2.04. The van der Waals surface area contributed by atoms with Crippen molar-refractivity contribution in [1.29, 1.82) is 0 Å². The van der Waals surface area contributed by atoms with Gasteiger partial charge in [-0.2, -0.15) is 0 Å². The van der Waals surface area contributed by atoms with Crippen LogP contribution >= 0.6 is 11.3 Å². The average molecular weight is 154 g/mol. The summed E-state index contributed by atoms with van der Waals surface area (Å²) in [6.07, 6.45) is 4.55. The first-order valence-electron chi connectivity index (χ1n) is 2.66. The molecular formula is C6H6N2OS. The molecular weight excluding hydrogens is 148 g/mol. The topological polar surface area (TPSA) is 56.0 Å². The predicted octanol–water partition coefficient (Wildman–Crippen LogP) is 0.642. The van der Waals surface area contributed by atoms with Gasteiger partial charge < -0.3 is 5.73 Å². The Balaban J connectivity index is 2.64. The van der Waals surface area contributed by atoms with Crippen molar-refractivity contribution in [3.05, 3.63) is 22.7 Å². The van der Waals surface area contributed by atoms with Gasteiger partial charge in [-0.15, -0.1) is 11.3 Å². The van der Waals surface area contributed by atoms with Gasteiger partial charge in [0.05, 0.1) is 0 Å². The van der Waals surface area contributed by atoms with Crippen molar-refractivity contribution in [2.45, 2.75) is 0 Å². The van der Waals surface area contributed by atoms with Crippen LogP contribution < -0.4 is 5.73 Å². The van der Waals surface area contributed by atoms with Gasteiger partial charge in [0.15, 0.2) is 0 Å². The highest BCUT2D eigenvalue weighted by molar-refractivity contribution is 7.10. The number of carbonyl (C=O) groups excluding carboxylic acids is 1. The largest absolute Gasteiger partial charge is 0.366 e. The van der Waals surface area contributed by atoms with E-state index in [1.54, 1.807) is 12.3 Å². The van der Waals surface area contributed by atoms with Gasteiger partial charge in [0.25, 0.3) is 0 Å². The van der Waals surface area contributed by atoms with Crippen LogP contribution in [-0.2, 0) is 4.79 Å². The summed E-state index contributed by atoms with van der Waals surface area (Å²) in [4.78, 5) is 14.1. The molecule has 1 amide bonds. The number of carbonyl (C=O) groups is 1. The second-order valence-corrected chi connectivity index (χ2v) is 2.53. The summed E-state index contributed by atoms with van der Waals surface area (Å²) in [6, 6.07) is 0. The van der Waals surface area contributed by atoms with Gasteiger partial charge >= 0.3 is 0 Å². The highest BCUT2D eigenvalue weighted by atomic mass is 32.1. The van der Waals surface area contributed by atoms with Crippen molar-refractivity contribution in [2.75, 3.05) is 0 Å². The molecule has 2 N–H and O–H groups in total. The molecule has 0 aliphatic rings. The number of nitrogens with two attached hydrogens (primary N) is 1. The van der Waals surface area contributed by atoms with Crippen LogP contribution in [0.1, 0.15) is 5.01 Å². The molecule has 52 valence electrons. The van der Waals surface area contributed by atoms with E-state index in [1.165, 1.54) is 17.4 Å². The lowest BCUT2D eigenvalue weighted by Crippen LogP contribution is -2.04. The van der Waals surface area contributed by atoms with Crippen molar-refractivity contribution in [3.8, 4) is 0 Å². The summed E-state index contributed by atoms with van der Waals surface area (Å²) >= 11 is 1.46. The van der Waals surface area contributed by atoms with E-state index in [0.29, 0.717) is 0 Å². The number of hydrogen-bond acceptors (Lipinski definition) is 3. The first-order valence-corrected chi connectivity index (χ1v) is 3.54. The van der Waals surface area contributed by atoms with Gasteiger partial charge in [-0.3, -0.25) is 4.79 Å². The number of hydrogen-bond donors (Lipinski definition) is 1. The zero-order chi connectivity index (χ0) is 7.40. The standard InChI is InChI=1S/C6H6N2OS/c7-5(9)1-2-6-8-3-4-10-6/h1-4H,(H2,7,9). The van der Waals surface area contributed by atoms with E-state index >= 15 is 0 Å². The van der Waals surface area contributed by atoms with E-state index in [1.807, 2.05) is 5.38 Å².